The number of hydrogen-bond acceptors (Lipinski definition) is 7. The summed E-state index contributed by atoms with van der Waals surface area (Å²) in [4.78, 5) is 21.7. The average molecular weight is 403 g/mol. The van der Waals surface area contributed by atoms with Gasteiger partial charge in [0.15, 0.2) is 0 Å². The molecule has 1 aromatic heterocycles. The second-order valence-corrected chi connectivity index (χ2v) is 6.09. The highest BCUT2D eigenvalue weighted by molar-refractivity contribution is 6.47. The number of nitrogens with zero attached hydrogens (tertiary/aromatic N) is 2. The molecule has 0 aliphatic carbocycles. The Morgan fingerprint density at radius 3 is 2.70 bits per heavy atom. The highest BCUT2D eigenvalue weighted by Gasteiger charge is 2.28. The van der Waals surface area contributed by atoms with Crippen molar-refractivity contribution in [3.63, 3.8) is 0 Å². The number of ketones is 1. The van der Waals surface area contributed by atoms with E-state index >= 15 is 0 Å². The van der Waals surface area contributed by atoms with Crippen LogP contribution in [0.5, 0.6) is 5.75 Å². The largest absolute Gasteiger partial charge is 0.497 e. The van der Waals surface area contributed by atoms with Crippen molar-refractivity contribution in [2.45, 2.75) is 6.04 Å². The summed E-state index contributed by atoms with van der Waals surface area (Å²) in [7, 11) is 3.26. The molecule has 7 heteroatoms. The van der Waals surface area contributed by atoms with Gasteiger partial charge in [-0.05, 0) is 17.7 Å². The maximum absolute atomic E-state index is 13.4. The maximum Gasteiger partial charge on any atom is 0.209 e. The van der Waals surface area contributed by atoms with Crippen molar-refractivity contribution in [3.05, 3.63) is 97.3 Å². The molecule has 1 aromatic carbocycles. The fourth-order valence-corrected chi connectivity index (χ4v) is 2.73. The minimum Gasteiger partial charge on any atom is -0.497 e. The molecule has 0 aliphatic heterocycles. The first-order valence-corrected chi connectivity index (χ1v) is 9.18. The number of ether oxygens (including phenoxy) is 1. The highest BCUT2D eigenvalue weighted by Crippen LogP contribution is 2.25. The molecule has 0 spiro atoms. The molecule has 1 heterocycles. The van der Waals surface area contributed by atoms with Gasteiger partial charge >= 0.3 is 0 Å². The molecule has 30 heavy (non-hydrogen) atoms. The maximum atomic E-state index is 13.4. The van der Waals surface area contributed by atoms with Crippen molar-refractivity contribution in [1.29, 1.82) is 5.41 Å². The van der Waals surface area contributed by atoms with Crippen LogP contribution in [0, 0.1) is 5.41 Å². The molecule has 2 aromatic rings. The van der Waals surface area contributed by atoms with Gasteiger partial charge < -0.3 is 15.4 Å². The van der Waals surface area contributed by atoms with Gasteiger partial charge in [0.2, 0.25) is 5.78 Å². The Labute approximate surface area is 176 Å². The van der Waals surface area contributed by atoms with Gasteiger partial charge in [0.25, 0.3) is 0 Å². The standard InChI is InChI=1S/C23H25N5O2/c1-5-8-16(6-2)19(14-25-3)21(24)23(29)22(20-15-26-11-12-27-20)28-17-9-7-10-18(13-17)30-4/h5-15,22,24-25,28H,1-2H2,3-4H3/b16-8+,19-14-,24-21?. The Balaban J connectivity index is 2.46. The summed E-state index contributed by atoms with van der Waals surface area (Å²) in [6, 6.07) is 6.25. The Morgan fingerprint density at radius 1 is 1.30 bits per heavy atom. The molecule has 0 amide bonds. The van der Waals surface area contributed by atoms with Crippen LogP contribution in [-0.4, -0.2) is 35.6 Å². The van der Waals surface area contributed by atoms with Crippen LogP contribution in [0.4, 0.5) is 5.69 Å². The molecule has 7 nitrogen and oxygen atoms in total. The quantitative estimate of drug-likeness (QED) is 0.391. The lowest BCUT2D eigenvalue weighted by Gasteiger charge is -2.20. The zero-order valence-corrected chi connectivity index (χ0v) is 17.1. The molecule has 0 radical (unpaired) electrons. The van der Waals surface area contributed by atoms with E-state index in [1.807, 2.05) is 0 Å². The van der Waals surface area contributed by atoms with Crippen LogP contribution < -0.4 is 15.4 Å². The van der Waals surface area contributed by atoms with Crippen LogP contribution in [0.2, 0.25) is 0 Å². The van der Waals surface area contributed by atoms with E-state index in [9.17, 15) is 4.79 Å². The van der Waals surface area contributed by atoms with Crippen LogP contribution >= 0.6 is 0 Å². The molecule has 0 aliphatic rings. The van der Waals surface area contributed by atoms with Gasteiger partial charge in [-0.2, -0.15) is 0 Å². The number of Topliss-reactive ketones (excluding diaryl/α,β-unsaturated/α-hetero) is 1. The molecule has 0 saturated carbocycles. The van der Waals surface area contributed by atoms with Gasteiger partial charge in [-0.1, -0.05) is 37.5 Å². The van der Waals surface area contributed by atoms with Gasteiger partial charge in [0, 0.05) is 43.0 Å². The first-order chi connectivity index (χ1) is 14.5. The monoisotopic (exact) mass is 403 g/mol. The van der Waals surface area contributed by atoms with Crippen molar-refractivity contribution >= 4 is 17.2 Å². The zero-order chi connectivity index (χ0) is 21.9. The van der Waals surface area contributed by atoms with E-state index < -0.39 is 11.8 Å². The zero-order valence-electron chi connectivity index (χ0n) is 17.1. The third kappa shape index (κ3) is 5.51. The van der Waals surface area contributed by atoms with Crippen molar-refractivity contribution in [1.82, 2.24) is 15.3 Å². The second-order valence-electron chi connectivity index (χ2n) is 6.09. The van der Waals surface area contributed by atoms with E-state index in [0.29, 0.717) is 28.3 Å². The Morgan fingerprint density at radius 2 is 2.10 bits per heavy atom. The molecular formula is C23H25N5O2. The molecule has 2 rings (SSSR count). The summed E-state index contributed by atoms with van der Waals surface area (Å²) in [6.07, 6.45) is 10.9. The van der Waals surface area contributed by atoms with E-state index in [2.05, 4.69) is 33.8 Å². The number of carbonyl (C=O) groups is 1. The topological polar surface area (TPSA) is 100.0 Å². The van der Waals surface area contributed by atoms with E-state index in [4.69, 9.17) is 10.1 Å². The molecule has 3 N–H and O–H groups in total. The summed E-state index contributed by atoms with van der Waals surface area (Å²) in [5, 5.41) is 14.6. The molecule has 0 fully saturated rings. The normalized spacial score (nSPS) is 12.5. The molecule has 1 atom stereocenters. The van der Waals surface area contributed by atoms with Gasteiger partial charge in [0.05, 0.1) is 19.0 Å². The van der Waals surface area contributed by atoms with E-state index in [1.54, 1.807) is 62.9 Å². The van der Waals surface area contributed by atoms with Gasteiger partial charge in [-0.3, -0.25) is 20.2 Å². The number of carbonyl (C=O) groups excluding carboxylic acids is 1. The van der Waals surface area contributed by atoms with Gasteiger partial charge in [-0.25, -0.2) is 0 Å². The number of aromatic nitrogens is 2. The molecular weight excluding hydrogens is 378 g/mol. The number of anilines is 1. The lowest BCUT2D eigenvalue weighted by Crippen LogP contribution is -2.30. The Kier molecular flexibility index (Phi) is 8.26. The summed E-state index contributed by atoms with van der Waals surface area (Å²) in [5.41, 5.74) is 1.82. The van der Waals surface area contributed by atoms with Crippen molar-refractivity contribution in [2.75, 3.05) is 19.5 Å². The molecule has 1 unspecified atom stereocenters. The van der Waals surface area contributed by atoms with Crippen LogP contribution in [-0.2, 0) is 4.79 Å². The number of rotatable bonds is 11. The Bertz CT molecular complexity index is 980. The summed E-state index contributed by atoms with van der Waals surface area (Å²) >= 11 is 0. The smallest absolute Gasteiger partial charge is 0.209 e. The SMILES string of the molecule is C=C/C=C(C=C)/C(=C/NC)C(=N)C(=O)C(Nc1cccc(OC)c1)c1cnccn1. The van der Waals surface area contributed by atoms with E-state index in [0.717, 1.165) is 0 Å². The fraction of sp³-hybridized carbons (Fsp3) is 0.130. The van der Waals surface area contributed by atoms with Crippen LogP contribution in [0.15, 0.2) is 91.6 Å². The minimum atomic E-state index is -0.923. The lowest BCUT2D eigenvalue weighted by atomic mass is 9.94. The van der Waals surface area contributed by atoms with Crippen molar-refractivity contribution in [3.8, 4) is 5.75 Å². The van der Waals surface area contributed by atoms with Crippen LogP contribution in [0.25, 0.3) is 0 Å². The summed E-state index contributed by atoms with van der Waals surface area (Å²) < 4.78 is 5.25. The van der Waals surface area contributed by atoms with Crippen molar-refractivity contribution in [2.24, 2.45) is 0 Å². The van der Waals surface area contributed by atoms with E-state index in [1.165, 1.54) is 18.6 Å². The van der Waals surface area contributed by atoms with Gasteiger partial charge in [0.1, 0.15) is 17.5 Å². The van der Waals surface area contributed by atoms with Gasteiger partial charge in [-0.15, -0.1) is 0 Å². The van der Waals surface area contributed by atoms with Crippen LogP contribution in [0.1, 0.15) is 11.7 Å². The van der Waals surface area contributed by atoms with Crippen LogP contribution in [0.3, 0.4) is 0 Å². The number of benzene rings is 1. The summed E-state index contributed by atoms with van der Waals surface area (Å²) in [5.74, 6) is 0.163. The number of hydrogen-bond donors (Lipinski definition) is 3. The predicted molar refractivity (Wildman–Crippen MR) is 120 cm³/mol. The predicted octanol–water partition coefficient (Wildman–Crippen LogP) is 3.63. The average Bonchev–Trinajstić information content (AvgIpc) is 2.79. The second kappa shape index (κ2) is 11.1. The Hall–Kier alpha value is -4.00. The molecule has 154 valence electrons. The molecule has 0 bridgehead atoms. The minimum absolute atomic E-state index is 0.205. The molecule has 0 saturated heterocycles. The fourth-order valence-electron chi connectivity index (χ4n) is 2.73. The third-order valence-electron chi connectivity index (χ3n) is 4.15. The summed E-state index contributed by atoms with van der Waals surface area (Å²) in [6.45, 7) is 7.45. The lowest BCUT2D eigenvalue weighted by molar-refractivity contribution is -0.113. The number of methoxy groups -OCH3 is 1. The third-order valence-corrected chi connectivity index (χ3v) is 4.15. The van der Waals surface area contributed by atoms with E-state index in [-0.39, 0.29) is 5.71 Å². The highest BCUT2D eigenvalue weighted by atomic mass is 16.5. The first-order valence-electron chi connectivity index (χ1n) is 9.18. The number of nitrogens with one attached hydrogen (secondary N) is 3. The first kappa shape index (κ1) is 22.3. The number of allylic oxidation sites excluding steroid dienone is 5. The van der Waals surface area contributed by atoms with Crippen molar-refractivity contribution < 1.29 is 9.53 Å².